The van der Waals surface area contributed by atoms with Crippen LogP contribution in [0.3, 0.4) is 0 Å². The van der Waals surface area contributed by atoms with Gasteiger partial charge in [-0.3, -0.25) is 4.79 Å². The Labute approximate surface area is 148 Å². The van der Waals surface area contributed by atoms with Gasteiger partial charge in [-0.2, -0.15) is 0 Å². The summed E-state index contributed by atoms with van der Waals surface area (Å²) in [7, 11) is 0. The number of hydrogen-bond acceptors (Lipinski definition) is 3. The van der Waals surface area contributed by atoms with Crippen molar-refractivity contribution in [2.75, 3.05) is 0 Å². The zero-order chi connectivity index (χ0) is 18.2. The van der Waals surface area contributed by atoms with E-state index in [-0.39, 0.29) is 5.97 Å². The van der Waals surface area contributed by atoms with E-state index in [0.717, 1.165) is 44.4 Å². The van der Waals surface area contributed by atoms with Crippen LogP contribution in [0.5, 0.6) is 0 Å². The molecule has 0 aromatic rings. The summed E-state index contributed by atoms with van der Waals surface area (Å²) in [4.78, 5) is 23.0. The Bertz CT molecular complexity index is 324. The van der Waals surface area contributed by atoms with Gasteiger partial charge in [0.05, 0.1) is 0 Å². The van der Waals surface area contributed by atoms with E-state index in [1.54, 1.807) is 0 Å². The zero-order valence-electron chi connectivity index (χ0n) is 16.0. The lowest BCUT2D eigenvalue weighted by Crippen LogP contribution is -2.27. The predicted molar refractivity (Wildman–Crippen MR) is 98.0 cm³/mol. The fourth-order valence-electron chi connectivity index (χ4n) is 2.96. The van der Waals surface area contributed by atoms with Gasteiger partial charge < -0.3 is 9.84 Å². The van der Waals surface area contributed by atoms with Crippen LogP contribution in [-0.2, 0) is 14.3 Å². The molecule has 0 saturated heterocycles. The van der Waals surface area contributed by atoms with Crippen LogP contribution < -0.4 is 0 Å². The molecule has 0 aliphatic carbocycles. The summed E-state index contributed by atoms with van der Waals surface area (Å²) in [5.41, 5.74) is 0. The Balaban J connectivity index is 3.88. The van der Waals surface area contributed by atoms with Gasteiger partial charge in [-0.1, -0.05) is 78.6 Å². The van der Waals surface area contributed by atoms with Crippen molar-refractivity contribution in [1.29, 1.82) is 0 Å². The number of aliphatic carboxylic acids is 1. The summed E-state index contributed by atoms with van der Waals surface area (Å²) in [5.74, 6) is -0.601. The monoisotopic (exact) mass is 342 g/mol. The molecular weight excluding hydrogens is 304 g/mol. The molecule has 0 fully saturated rings. The molecule has 0 heterocycles. The van der Waals surface area contributed by atoms with Crippen molar-refractivity contribution in [2.24, 2.45) is 5.92 Å². The maximum atomic E-state index is 11.8. The Morgan fingerprint density at radius 1 is 0.833 bits per heavy atom. The van der Waals surface area contributed by atoms with E-state index in [4.69, 9.17) is 4.74 Å². The van der Waals surface area contributed by atoms with Gasteiger partial charge in [0.1, 0.15) is 0 Å². The second kappa shape index (κ2) is 15.5. The van der Waals surface area contributed by atoms with Crippen LogP contribution in [0.2, 0.25) is 0 Å². The lowest BCUT2D eigenvalue weighted by atomic mass is 9.95. The van der Waals surface area contributed by atoms with Gasteiger partial charge in [0.15, 0.2) is 6.10 Å². The van der Waals surface area contributed by atoms with Crippen molar-refractivity contribution in [3.63, 3.8) is 0 Å². The minimum atomic E-state index is -1.02. The third kappa shape index (κ3) is 12.4. The molecule has 24 heavy (non-hydrogen) atoms. The first-order valence-corrected chi connectivity index (χ1v) is 9.97. The summed E-state index contributed by atoms with van der Waals surface area (Å²) in [6.07, 6.45) is 11.7. The highest BCUT2D eigenvalue weighted by Crippen LogP contribution is 2.18. The van der Waals surface area contributed by atoms with Crippen LogP contribution in [0.1, 0.15) is 104 Å². The molecule has 0 saturated carbocycles. The largest absolute Gasteiger partial charge is 0.479 e. The molecule has 1 N–H and O–H groups in total. The summed E-state index contributed by atoms with van der Waals surface area (Å²) in [6.45, 7) is 6.59. The molecule has 0 aliphatic rings. The second-order valence-electron chi connectivity index (χ2n) is 6.80. The van der Waals surface area contributed by atoms with Crippen molar-refractivity contribution in [3.8, 4) is 0 Å². The quantitative estimate of drug-likeness (QED) is 0.287. The third-order valence-corrected chi connectivity index (χ3v) is 4.77. The van der Waals surface area contributed by atoms with E-state index >= 15 is 0 Å². The van der Waals surface area contributed by atoms with Crippen LogP contribution in [0.15, 0.2) is 0 Å². The molecular formula is C20H38O4. The lowest BCUT2D eigenvalue weighted by molar-refractivity contribution is -0.164. The standard InChI is InChI=1S/C20H38O4/c1-4-7-8-9-13-16-19(21)24-18(20(22)23)15-12-10-11-14-17(5-2)6-3/h17-18H,4-16H2,1-3H3,(H,22,23). The maximum absolute atomic E-state index is 11.8. The topological polar surface area (TPSA) is 63.6 Å². The number of carboxylic acid groups (broad SMARTS) is 1. The molecule has 1 atom stereocenters. The molecule has 0 radical (unpaired) electrons. The minimum Gasteiger partial charge on any atom is -0.479 e. The van der Waals surface area contributed by atoms with Gasteiger partial charge in [0, 0.05) is 6.42 Å². The number of ether oxygens (including phenoxy) is 1. The average Bonchev–Trinajstić information content (AvgIpc) is 2.56. The Hall–Kier alpha value is -1.06. The normalized spacial score (nSPS) is 12.3. The van der Waals surface area contributed by atoms with Crippen LogP contribution in [-0.4, -0.2) is 23.1 Å². The Kier molecular flexibility index (Phi) is 14.8. The second-order valence-corrected chi connectivity index (χ2v) is 6.80. The van der Waals surface area contributed by atoms with Gasteiger partial charge in [-0.25, -0.2) is 4.79 Å². The van der Waals surface area contributed by atoms with E-state index in [1.807, 2.05) is 0 Å². The van der Waals surface area contributed by atoms with Crippen molar-refractivity contribution in [2.45, 2.75) is 110 Å². The minimum absolute atomic E-state index is 0.335. The molecule has 0 spiro atoms. The van der Waals surface area contributed by atoms with Crippen LogP contribution in [0.25, 0.3) is 0 Å². The molecule has 1 unspecified atom stereocenters. The van der Waals surface area contributed by atoms with Crippen molar-refractivity contribution in [3.05, 3.63) is 0 Å². The molecule has 4 heteroatoms. The SMILES string of the molecule is CCCCCCCC(=O)OC(CCCCCC(CC)CC)C(=O)O. The summed E-state index contributed by atoms with van der Waals surface area (Å²) in [5, 5.41) is 9.21. The van der Waals surface area contributed by atoms with Crippen molar-refractivity contribution < 1.29 is 19.4 Å². The van der Waals surface area contributed by atoms with Gasteiger partial charge in [0.2, 0.25) is 0 Å². The number of carboxylic acids is 1. The number of esters is 1. The highest BCUT2D eigenvalue weighted by molar-refractivity contribution is 5.77. The van der Waals surface area contributed by atoms with Crippen molar-refractivity contribution >= 4 is 11.9 Å². The molecule has 0 aromatic heterocycles. The van der Waals surface area contributed by atoms with E-state index in [2.05, 4.69) is 20.8 Å². The van der Waals surface area contributed by atoms with E-state index in [1.165, 1.54) is 32.1 Å². The fraction of sp³-hybridized carbons (Fsp3) is 0.900. The Morgan fingerprint density at radius 2 is 1.42 bits per heavy atom. The molecule has 0 amide bonds. The molecule has 0 aliphatic heterocycles. The van der Waals surface area contributed by atoms with Crippen molar-refractivity contribution in [1.82, 2.24) is 0 Å². The smallest absolute Gasteiger partial charge is 0.345 e. The number of hydrogen-bond donors (Lipinski definition) is 1. The van der Waals surface area contributed by atoms with Gasteiger partial charge in [-0.05, 0) is 25.2 Å². The summed E-state index contributed by atoms with van der Waals surface area (Å²) >= 11 is 0. The van der Waals surface area contributed by atoms with E-state index < -0.39 is 12.1 Å². The van der Waals surface area contributed by atoms with Gasteiger partial charge >= 0.3 is 11.9 Å². The summed E-state index contributed by atoms with van der Waals surface area (Å²) < 4.78 is 5.15. The highest BCUT2D eigenvalue weighted by atomic mass is 16.6. The average molecular weight is 343 g/mol. The van der Waals surface area contributed by atoms with Gasteiger partial charge in [0.25, 0.3) is 0 Å². The zero-order valence-corrected chi connectivity index (χ0v) is 16.0. The number of rotatable bonds is 16. The number of carbonyl (C=O) groups is 2. The molecule has 0 aromatic carbocycles. The number of unbranched alkanes of at least 4 members (excludes halogenated alkanes) is 6. The molecule has 0 rings (SSSR count). The Morgan fingerprint density at radius 3 is 2.00 bits per heavy atom. The molecule has 4 nitrogen and oxygen atoms in total. The van der Waals surface area contributed by atoms with E-state index in [9.17, 15) is 14.7 Å². The van der Waals surface area contributed by atoms with Crippen LogP contribution in [0, 0.1) is 5.92 Å². The van der Waals surface area contributed by atoms with E-state index in [0.29, 0.717) is 12.8 Å². The molecule has 0 bridgehead atoms. The first-order valence-electron chi connectivity index (χ1n) is 9.97. The summed E-state index contributed by atoms with van der Waals surface area (Å²) in [6, 6.07) is 0. The first-order chi connectivity index (χ1) is 11.5. The lowest BCUT2D eigenvalue weighted by Gasteiger charge is -2.15. The highest BCUT2D eigenvalue weighted by Gasteiger charge is 2.21. The maximum Gasteiger partial charge on any atom is 0.345 e. The fourth-order valence-corrected chi connectivity index (χ4v) is 2.96. The first kappa shape index (κ1) is 22.9. The predicted octanol–water partition coefficient (Wildman–Crippen LogP) is 5.73. The third-order valence-electron chi connectivity index (χ3n) is 4.77. The number of carbonyl (C=O) groups excluding carboxylic acids is 1. The molecule has 142 valence electrons. The van der Waals surface area contributed by atoms with Crippen LogP contribution >= 0.6 is 0 Å². The van der Waals surface area contributed by atoms with Crippen LogP contribution in [0.4, 0.5) is 0 Å². The van der Waals surface area contributed by atoms with Gasteiger partial charge in [-0.15, -0.1) is 0 Å².